The van der Waals surface area contributed by atoms with E-state index in [4.69, 9.17) is 4.74 Å². The van der Waals surface area contributed by atoms with Crippen LogP contribution in [0.4, 0.5) is 11.4 Å². The van der Waals surface area contributed by atoms with E-state index >= 15 is 0 Å². The number of para-hydroxylation sites is 2. The highest BCUT2D eigenvalue weighted by Crippen LogP contribution is 2.22. The molecular formula is C21H24N2O3. The van der Waals surface area contributed by atoms with Gasteiger partial charge in [0.05, 0.1) is 11.3 Å². The standard InChI is InChI=1S/C21H24N2O3/c1-15(20(24)23-17-11-5-6-12-17)26-21(25)18-13-7-8-14-19(18)22-16-9-3-2-4-10-16/h2-4,7-10,13-15,17,22H,5-6,11-12H2,1H3,(H,23,24)/t15-/m1/s1. The first-order valence-corrected chi connectivity index (χ1v) is 9.06. The molecular weight excluding hydrogens is 328 g/mol. The fraction of sp³-hybridized carbons (Fsp3) is 0.333. The van der Waals surface area contributed by atoms with Crippen LogP contribution in [-0.4, -0.2) is 24.0 Å². The first-order valence-electron chi connectivity index (χ1n) is 9.06. The topological polar surface area (TPSA) is 67.4 Å². The summed E-state index contributed by atoms with van der Waals surface area (Å²) in [7, 11) is 0. The molecule has 0 aliphatic heterocycles. The molecule has 1 aliphatic carbocycles. The molecule has 0 saturated heterocycles. The zero-order chi connectivity index (χ0) is 18.4. The van der Waals surface area contributed by atoms with Crippen molar-refractivity contribution in [1.82, 2.24) is 5.32 Å². The molecule has 5 nitrogen and oxygen atoms in total. The van der Waals surface area contributed by atoms with Gasteiger partial charge in [0, 0.05) is 11.7 Å². The Morgan fingerprint density at radius 1 is 1.00 bits per heavy atom. The Morgan fingerprint density at radius 2 is 1.65 bits per heavy atom. The predicted molar refractivity (Wildman–Crippen MR) is 101 cm³/mol. The van der Waals surface area contributed by atoms with Gasteiger partial charge in [-0.25, -0.2) is 4.79 Å². The van der Waals surface area contributed by atoms with Crippen molar-refractivity contribution < 1.29 is 14.3 Å². The van der Waals surface area contributed by atoms with E-state index in [9.17, 15) is 9.59 Å². The molecule has 26 heavy (non-hydrogen) atoms. The molecule has 0 aromatic heterocycles. The average molecular weight is 352 g/mol. The summed E-state index contributed by atoms with van der Waals surface area (Å²) in [5.74, 6) is -0.753. The van der Waals surface area contributed by atoms with Gasteiger partial charge >= 0.3 is 5.97 Å². The van der Waals surface area contributed by atoms with Crippen LogP contribution in [0.1, 0.15) is 43.0 Å². The lowest BCUT2D eigenvalue weighted by Crippen LogP contribution is -2.40. The summed E-state index contributed by atoms with van der Waals surface area (Å²) in [4.78, 5) is 24.8. The Hall–Kier alpha value is -2.82. The summed E-state index contributed by atoms with van der Waals surface area (Å²) in [5.41, 5.74) is 1.92. The summed E-state index contributed by atoms with van der Waals surface area (Å²) < 4.78 is 5.40. The summed E-state index contributed by atoms with van der Waals surface area (Å²) >= 11 is 0. The Labute approximate surface area is 153 Å². The molecule has 2 aromatic carbocycles. The quantitative estimate of drug-likeness (QED) is 0.770. The minimum atomic E-state index is -0.826. The number of ether oxygens (including phenoxy) is 1. The van der Waals surface area contributed by atoms with Crippen LogP contribution in [0.5, 0.6) is 0 Å². The van der Waals surface area contributed by atoms with Crippen LogP contribution in [0.15, 0.2) is 54.6 Å². The number of esters is 1. The van der Waals surface area contributed by atoms with Gasteiger partial charge in [-0.2, -0.15) is 0 Å². The normalized spacial score (nSPS) is 15.3. The number of nitrogens with one attached hydrogen (secondary N) is 2. The Kier molecular flexibility index (Phi) is 5.89. The summed E-state index contributed by atoms with van der Waals surface area (Å²) in [6.07, 6.45) is 3.44. The van der Waals surface area contributed by atoms with Crippen LogP contribution in [0.25, 0.3) is 0 Å². The molecule has 2 aromatic rings. The van der Waals surface area contributed by atoms with Crippen LogP contribution in [0, 0.1) is 0 Å². The molecule has 136 valence electrons. The first kappa shape index (κ1) is 18.0. The summed E-state index contributed by atoms with van der Waals surface area (Å²) in [6.45, 7) is 1.61. The van der Waals surface area contributed by atoms with E-state index in [1.165, 1.54) is 0 Å². The zero-order valence-corrected chi connectivity index (χ0v) is 14.9. The van der Waals surface area contributed by atoms with E-state index in [0.29, 0.717) is 11.3 Å². The van der Waals surface area contributed by atoms with Gasteiger partial charge in [0.2, 0.25) is 0 Å². The molecule has 0 heterocycles. The third-order valence-electron chi connectivity index (χ3n) is 4.55. The van der Waals surface area contributed by atoms with Crippen molar-refractivity contribution in [3.05, 3.63) is 60.2 Å². The largest absolute Gasteiger partial charge is 0.449 e. The van der Waals surface area contributed by atoms with Crippen molar-refractivity contribution in [3.63, 3.8) is 0 Å². The molecule has 0 radical (unpaired) electrons. The Morgan fingerprint density at radius 3 is 2.38 bits per heavy atom. The Balaban J connectivity index is 1.64. The molecule has 1 aliphatic rings. The highest BCUT2D eigenvalue weighted by Gasteiger charge is 2.24. The predicted octanol–water partition coefficient (Wildman–Crippen LogP) is 4.03. The van der Waals surface area contributed by atoms with E-state index in [1.807, 2.05) is 42.5 Å². The number of hydrogen-bond acceptors (Lipinski definition) is 4. The number of benzene rings is 2. The van der Waals surface area contributed by atoms with Crippen molar-refractivity contribution >= 4 is 23.3 Å². The van der Waals surface area contributed by atoms with Crippen molar-refractivity contribution in [2.24, 2.45) is 0 Å². The van der Waals surface area contributed by atoms with Crippen molar-refractivity contribution in [2.45, 2.75) is 44.8 Å². The van der Waals surface area contributed by atoms with Crippen LogP contribution in [0.3, 0.4) is 0 Å². The van der Waals surface area contributed by atoms with Crippen LogP contribution in [-0.2, 0) is 9.53 Å². The minimum absolute atomic E-state index is 0.204. The van der Waals surface area contributed by atoms with Gasteiger partial charge in [0.1, 0.15) is 0 Å². The summed E-state index contributed by atoms with van der Waals surface area (Å²) in [6, 6.07) is 16.9. The number of carbonyl (C=O) groups excluding carboxylic acids is 2. The zero-order valence-electron chi connectivity index (χ0n) is 14.9. The highest BCUT2D eigenvalue weighted by atomic mass is 16.5. The molecule has 1 amide bonds. The van der Waals surface area contributed by atoms with Crippen LogP contribution in [0.2, 0.25) is 0 Å². The maximum Gasteiger partial charge on any atom is 0.341 e. The molecule has 1 atom stereocenters. The second-order valence-corrected chi connectivity index (χ2v) is 6.57. The molecule has 3 rings (SSSR count). The van der Waals surface area contributed by atoms with Gasteiger partial charge in [0.25, 0.3) is 5.91 Å². The molecule has 0 unspecified atom stereocenters. The monoisotopic (exact) mass is 352 g/mol. The Bertz CT molecular complexity index is 755. The average Bonchev–Trinajstić information content (AvgIpc) is 3.16. The lowest BCUT2D eigenvalue weighted by Gasteiger charge is -2.18. The van der Waals surface area contributed by atoms with Gasteiger partial charge in [-0.3, -0.25) is 4.79 Å². The fourth-order valence-corrected chi connectivity index (χ4v) is 3.11. The minimum Gasteiger partial charge on any atom is -0.449 e. The number of carbonyl (C=O) groups is 2. The van der Waals surface area contributed by atoms with Gasteiger partial charge in [-0.15, -0.1) is 0 Å². The van der Waals surface area contributed by atoms with Crippen molar-refractivity contribution in [2.75, 3.05) is 5.32 Å². The van der Waals surface area contributed by atoms with E-state index < -0.39 is 12.1 Å². The number of amides is 1. The van der Waals surface area contributed by atoms with Gasteiger partial charge < -0.3 is 15.4 Å². The van der Waals surface area contributed by atoms with Gasteiger partial charge in [-0.05, 0) is 44.0 Å². The first-order chi connectivity index (χ1) is 12.6. The van der Waals surface area contributed by atoms with Gasteiger partial charge in [-0.1, -0.05) is 43.2 Å². The lowest BCUT2D eigenvalue weighted by molar-refractivity contribution is -0.129. The molecule has 2 N–H and O–H groups in total. The van der Waals surface area contributed by atoms with Crippen molar-refractivity contribution in [1.29, 1.82) is 0 Å². The number of rotatable bonds is 6. The summed E-state index contributed by atoms with van der Waals surface area (Å²) in [5, 5.41) is 6.17. The maximum absolute atomic E-state index is 12.6. The van der Waals surface area contributed by atoms with Gasteiger partial charge in [0.15, 0.2) is 6.10 Å². The van der Waals surface area contributed by atoms with E-state index in [-0.39, 0.29) is 11.9 Å². The lowest BCUT2D eigenvalue weighted by atomic mass is 10.1. The molecule has 5 heteroatoms. The third kappa shape index (κ3) is 4.63. The maximum atomic E-state index is 12.6. The molecule has 0 bridgehead atoms. The van der Waals surface area contributed by atoms with E-state index in [0.717, 1.165) is 31.4 Å². The van der Waals surface area contributed by atoms with Crippen LogP contribution >= 0.6 is 0 Å². The fourth-order valence-electron chi connectivity index (χ4n) is 3.11. The van der Waals surface area contributed by atoms with E-state index in [2.05, 4.69) is 10.6 Å². The van der Waals surface area contributed by atoms with E-state index in [1.54, 1.807) is 19.1 Å². The highest BCUT2D eigenvalue weighted by molar-refractivity contribution is 5.98. The molecule has 1 saturated carbocycles. The second-order valence-electron chi connectivity index (χ2n) is 6.57. The third-order valence-corrected chi connectivity index (χ3v) is 4.55. The molecule has 1 fully saturated rings. The number of anilines is 2. The molecule has 0 spiro atoms. The van der Waals surface area contributed by atoms with Crippen molar-refractivity contribution in [3.8, 4) is 0 Å². The smallest absolute Gasteiger partial charge is 0.341 e. The second kappa shape index (κ2) is 8.52. The number of hydrogen-bond donors (Lipinski definition) is 2. The SMILES string of the molecule is C[C@@H](OC(=O)c1ccccc1Nc1ccccc1)C(=O)NC1CCCC1. The van der Waals surface area contributed by atoms with Crippen LogP contribution < -0.4 is 10.6 Å².